The van der Waals surface area contributed by atoms with E-state index in [1.807, 2.05) is 6.92 Å². The van der Waals surface area contributed by atoms with Crippen molar-refractivity contribution in [1.82, 2.24) is 9.78 Å². The van der Waals surface area contributed by atoms with Crippen LogP contribution in [0.3, 0.4) is 0 Å². The highest BCUT2D eigenvalue weighted by Gasteiger charge is 2.11. The van der Waals surface area contributed by atoms with Crippen molar-refractivity contribution in [2.75, 3.05) is 11.1 Å². The number of amides is 1. The molecule has 2 aromatic rings. The van der Waals surface area contributed by atoms with E-state index >= 15 is 0 Å². The van der Waals surface area contributed by atoms with Gasteiger partial charge in [-0.2, -0.15) is 5.10 Å². The molecule has 0 bridgehead atoms. The van der Waals surface area contributed by atoms with Crippen LogP contribution in [0.4, 0.5) is 11.4 Å². The van der Waals surface area contributed by atoms with Crippen molar-refractivity contribution in [3.05, 3.63) is 40.7 Å². The molecule has 1 aromatic carbocycles. The highest BCUT2D eigenvalue weighted by molar-refractivity contribution is 6.33. The first-order valence-corrected chi connectivity index (χ1v) is 5.72. The third kappa shape index (κ3) is 2.46. The quantitative estimate of drug-likeness (QED) is 0.817. The Morgan fingerprint density at radius 1 is 1.44 bits per heavy atom. The second-order valence-electron chi connectivity index (χ2n) is 3.98. The molecule has 0 saturated carbocycles. The molecule has 0 aliphatic carbocycles. The molecule has 0 atom stereocenters. The summed E-state index contributed by atoms with van der Waals surface area (Å²) in [4.78, 5) is 11.9. The van der Waals surface area contributed by atoms with Crippen LogP contribution in [0.5, 0.6) is 0 Å². The van der Waals surface area contributed by atoms with Crippen molar-refractivity contribution in [2.45, 2.75) is 6.92 Å². The summed E-state index contributed by atoms with van der Waals surface area (Å²) < 4.78 is 1.64. The zero-order chi connectivity index (χ0) is 13.3. The maximum absolute atomic E-state index is 11.9. The van der Waals surface area contributed by atoms with Crippen LogP contribution in [-0.2, 0) is 7.05 Å². The molecule has 94 valence electrons. The molecule has 0 unspecified atom stereocenters. The number of benzene rings is 1. The topological polar surface area (TPSA) is 72.9 Å². The average Bonchev–Trinajstić information content (AvgIpc) is 2.65. The molecule has 0 fully saturated rings. The predicted octanol–water partition coefficient (Wildman–Crippen LogP) is 2.22. The molecule has 0 aliphatic rings. The highest BCUT2D eigenvalue weighted by atomic mass is 35.5. The van der Waals surface area contributed by atoms with Gasteiger partial charge in [0.25, 0.3) is 5.91 Å². The molecular weight excluding hydrogens is 252 g/mol. The summed E-state index contributed by atoms with van der Waals surface area (Å²) in [5.41, 5.74) is 7.95. The number of rotatable bonds is 2. The van der Waals surface area contributed by atoms with Gasteiger partial charge in [-0.15, -0.1) is 0 Å². The molecule has 5 nitrogen and oxygen atoms in total. The summed E-state index contributed by atoms with van der Waals surface area (Å²) in [6.07, 6.45) is 0. The van der Waals surface area contributed by atoms with Gasteiger partial charge >= 0.3 is 0 Å². The second-order valence-corrected chi connectivity index (χ2v) is 4.39. The first kappa shape index (κ1) is 12.4. The van der Waals surface area contributed by atoms with Gasteiger partial charge in [-0.1, -0.05) is 11.6 Å². The SMILES string of the molecule is Cc1cc(C(=O)Nc2ccc(Cl)c(N)c2)nn1C. The van der Waals surface area contributed by atoms with Gasteiger partial charge in [0, 0.05) is 18.4 Å². The van der Waals surface area contributed by atoms with E-state index in [1.54, 1.807) is 36.0 Å². The van der Waals surface area contributed by atoms with E-state index in [2.05, 4.69) is 10.4 Å². The Labute approximate surface area is 110 Å². The van der Waals surface area contributed by atoms with Crippen LogP contribution in [0.25, 0.3) is 0 Å². The molecule has 0 spiro atoms. The van der Waals surface area contributed by atoms with Crippen LogP contribution < -0.4 is 11.1 Å². The van der Waals surface area contributed by atoms with Crippen molar-refractivity contribution >= 4 is 28.9 Å². The third-order valence-electron chi connectivity index (χ3n) is 2.60. The standard InChI is InChI=1S/C12H13ClN4O/c1-7-5-11(16-17(7)2)12(18)15-8-3-4-9(13)10(14)6-8/h3-6H,14H2,1-2H3,(H,15,18). The Morgan fingerprint density at radius 2 is 2.17 bits per heavy atom. The number of halogens is 1. The first-order valence-electron chi connectivity index (χ1n) is 5.34. The lowest BCUT2D eigenvalue weighted by Gasteiger charge is -2.05. The molecule has 6 heteroatoms. The molecule has 18 heavy (non-hydrogen) atoms. The van der Waals surface area contributed by atoms with Crippen molar-refractivity contribution in [3.63, 3.8) is 0 Å². The Bertz CT molecular complexity index is 587. The van der Waals surface area contributed by atoms with Crippen LogP contribution in [-0.4, -0.2) is 15.7 Å². The molecule has 2 rings (SSSR count). The molecule has 0 saturated heterocycles. The number of carbonyl (C=O) groups is 1. The van der Waals surface area contributed by atoms with Gasteiger partial charge in [-0.3, -0.25) is 9.48 Å². The smallest absolute Gasteiger partial charge is 0.276 e. The van der Waals surface area contributed by atoms with Crippen LogP contribution in [0.15, 0.2) is 24.3 Å². The van der Waals surface area contributed by atoms with Gasteiger partial charge in [-0.25, -0.2) is 0 Å². The summed E-state index contributed by atoms with van der Waals surface area (Å²) in [6, 6.07) is 6.65. The number of nitrogens with zero attached hydrogens (tertiary/aromatic N) is 2. The number of nitrogens with one attached hydrogen (secondary N) is 1. The Balaban J connectivity index is 2.18. The summed E-state index contributed by atoms with van der Waals surface area (Å²) >= 11 is 5.80. The monoisotopic (exact) mass is 264 g/mol. The van der Waals surface area contributed by atoms with E-state index in [1.165, 1.54) is 0 Å². The van der Waals surface area contributed by atoms with Crippen molar-refractivity contribution in [3.8, 4) is 0 Å². The zero-order valence-electron chi connectivity index (χ0n) is 10.1. The number of hydrogen-bond donors (Lipinski definition) is 2. The summed E-state index contributed by atoms with van der Waals surface area (Å²) in [6.45, 7) is 1.88. The number of nitrogens with two attached hydrogens (primary N) is 1. The molecule has 1 aromatic heterocycles. The summed E-state index contributed by atoms with van der Waals surface area (Å²) in [5, 5.41) is 7.27. The van der Waals surface area contributed by atoms with Crippen molar-refractivity contribution in [1.29, 1.82) is 0 Å². The predicted molar refractivity (Wildman–Crippen MR) is 71.8 cm³/mol. The van der Waals surface area contributed by atoms with Gasteiger partial charge in [0.05, 0.1) is 10.7 Å². The fourth-order valence-electron chi connectivity index (χ4n) is 1.49. The number of anilines is 2. The molecule has 0 radical (unpaired) electrons. The van der Waals surface area contributed by atoms with Crippen LogP contribution in [0, 0.1) is 6.92 Å². The lowest BCUT2D eigenvalue weighted by atomic mass is 10.2. The van der Waals surface area contributed by atoms with Crippen molar-refractivity contribution < 1.29 is 4.79 Å². The summed E-state index contributed by atoms with van der Waals surface area (Å²) in [5.74, 6) is -0.277. The fraction of sp³-hybridized carbons (Fsp3) is 0.167. The lowest BCUT2D eigenvalue weighted by Crippen LogP contribution is -2.13. The molecular formula is C12H13ClN4O. The van der Waals surface area contributed by atoms with E-state index in [4.69, 9.17) is 17.3 Å². The average molecular weight is 265 g/mol. The van der Waals surface area contributed by atoms with E-state index in [-0.39, 0.29) is 5.91 Å². The van der Waals surface area contributed by atoms with Gasteiger partial charge < -0.3 is 11.1 Å². The van der Waals surface area contributed by atoms with Crippen LogP contribution in [0.2, 0.25) is 5.02 Å². The van der Waals surface area contributed by atoms with E-state index in [0.29, 0.717) is 22.1 Å². The normalized spacial score (nSPS) is 10.4. The minimum atomic E-state index is -0.277. The fourth-order valence-corrected chi connectivity index (χ4v) is 1.61. The minimum Gasteiger partial charge on any atom is -0.397 e. The zero-order valence-corrected chi connectivity index (χ0v) is 10.8. The Hall–Kier alpha value is -2.01. The minimum absolute atomic E-state index is 0.277. The number of nitrogen functional groups attached to an aromatic ring is 1. The number of hydrogen-bond acceptors (Lipinski definition) is 3. The van der Waals surface area contributed by atoms with Crippen LogP contribution in [0.1, 0.15) is 16.2 Å². The Morgan fingerprint density at radius 3 is 2.72 bits per heavy atom. The molecule has 3 N–H and O–H groups in total. The second kappa shape index (κ2) is 4.70. The van der Waals surface area contributed by atoms with Gasteiger partial charge in [-0.05, 0) is 31.2 Å². The number of aromatic nitrogens is 2. The first-order chi connectivity index (χ1) is 8.47. The number of carbonyl (C=O) groups excluding carboxylic acids is 1. The largest absolute Gasteiger partial charge is 0.397 e. The summed E-state index contributed by atoms with van der Waals surface area (Å²) in [7, 11) is 1.78. The molecule has 1 amide bonds. The van der Waals surface area contributed by atoms with Gasteiger partial charge in [0.1, 0.15) is 0 Å². The number of aryl methyl sites for hydroxylation is 2. The maximum atomic E-state index is 11.9. The van der Waals surface area contributed by atoms with E-state index < -0.39 is 0 Å². The van der Waals surface area contributed by atoms with Gasteiger partial charge in [0.2, 0.25) is 0 Å². The van der Waals surface area contributed by atoms with Gasteiger partial charge in [0.15, 0.2) is 5.69 Å². The van der Waals surface area contributed by atoms with E-state index in [9.17, 15) is 4.79 Å². The molecule has 0 aliphatic heterocycles. The van der Waals surface area contributed by atoms with E-state index in [0.717, 1.165) is 5.69 Å². The molecule has 1 heterocycles. The lowest BCUT2D eigenvalue weighted by molar-refractivity contribution is 0.102. The highest BCUT2D eigenvalue weighted by Crippen LogP contribution is 2.22. The maximum Gasteiger partial charge on any atom is 0.276 e. The third-order valence-corrected chi connectivity index (χ3v) is 2.94. The van der Waals surface area contributed by atoms with Crippen LogP contribution >= 0.6 is 11.6 Å². The Kier molecular flexibility index (Phi) is 3.25. The van der Waals surface area contributed by atoms with Crippen molar-refractivity contribution in [2.24, 2.45) is 7.05 Å².